The fourth-order valence-electron chi connectivity index (χ4n) is 2.26. The molecule has 3 nitrogen and oxygen atoms in total. The van der Waals surface area contributed by atoms with Crippen LogP contribution < -0.4 is 5.32 Å². The maximum absolute atomic E-state index is 10.1. The van der Waals surface area contributed by atoms with E-state index >= 15 is 0 Å². The summed E-state index contributed by atoms with van der Waals surface area (Å²) in [5, 5.41) is 22.9. The monoisotopic (exact) mass is 269 g/mol. The molecule has 1 aromatic rings. The molecule has 1 saturated carbocycles. The lowest BCUT2D eigenvalue weighted by molar-refractivity contribution is 0.169. The molecule has 1 aromatic carbocycles. The molecule has 2 rings (SSSR count). The van der Waals surface area contributed by atoms with E-state index in [-0.39, 0.29) is 12.0 Å². The van der Waals surface area contributed by atoms with Gasteiger partial charge in [-0.2, -0.15) is 0 Å². The summed E-state index contributed by atoms with van der Waals surface area (Å²) >= 11 is 6.03. The predicted molar refractivity (Wildman–Crippen MR) is 72.7 cm³/mol. The number of aliphatic hydroxyl groups is 2. The summed E-state index contributed by atoms with van der Waals surface area (Å²) in [7, 11) is 0. The van der Waals surface area contributed by atoms with Gasteiger partial charge in [-0.3, -0.25) is 0 Å². The lowest BCUT2D eigenvalue weighted by atomic mass is 10.0. The Morgan fingerprint density at radius 3 is 2.67 bits per heavy atom. The van der Waals surface area contributed by atoms with Crippen molar-refractivity contribution >= 4 is 11.6 Å². The average Bonchev–Trinajstić information content (AvgIpc) is 3.10. The number of hydrogen-bond donors (Lipinski definition) is 3. The van der Waals surface area contributed by atoms with Gasteiger partial charge in [0, 0.05) is 30.3 Å². The van der Waals surface area contributed by atoms with Crippen LogP contribution in [-0.2, 0) is 0 Å². The molecule has 1 fully saturated rings. The van der Waals surface area contributed by atoms with E-state index in [4.69, 9.17) is 16.7 Å². The third-order valence-corrected chi connectivity index (χ3v) is 4.05. The molecule has 1 aliphatic carbocycles. The summed E-state index contributed by atoms with van der Waals surface area (Å²) in [5.41, 5.74) is 1.04. The van der Waals surface area contributed by atoms with Gasteiger partial charge < -0.3 is 15.5 Å². The number of halogens is 1. The van der Waals surface area contributed by atoms with Crippen LogP contribution in [0.5, 0.6) is 0 Å². The topological polar surface area (TPSA) is 52.5 Å². The largest absolute Gasteiger partial charge is 0.396 e. The maximum atomic E-state index is 10.1. The fourth-order valence-corrected chi connectivity index (χ4v) is 2.52. The lowest BCUT2D eigenvalue weighted by Gasteiger charge is -2.17. The minimum atomic E-state index is -0.580. The second-order valence-electron chi connectivity index (χ2n) is 5.14. The summed E-state index contributed by atoms with van der Waals surface area (Å²) in [5.74, 6) is 0. The second-order valence-corrected chi connectivity index (χ2v) is 5.55. The van der Waals surface area contributed by atoms with E-state index in [1.807, 2.05) is 18.2 Å². The molecule has 3 N–H and O–H groups in total. The van der Waals surface area contributed by atoms with E-state index in [0.717, 1.165) is 18.5 Å². The number of rotatable bonds is 7. The second kappa shape index (κ2) is 6.02. The van der Waals surface area contributed by atoms with Gasteiger partial charge in [0.15, 0.2) is 0 Å². The van der Waals surface area contributed by atoms with Gasteiger partial charge in [-0.15, -0.1) is 0 Å². The molecule has 1 aliphatic rings. The Morgan fingerprint density at radius 2 is 2.06 bits per heavy atom. The summed E-state index contributed by atoms with van der Waals surface area (Å²) < 4.78 is 0. The number of aliphatic hydroxyl groups excluding tert-OH is 2. The molecule has 0 aliphatic heterocycles. The molecule has 1 unspecified atom stereocenters. The smallest absolute Gasteiger partial charge is 0.0928 e. The Hall–Kier alpha value is -0.610. The van der Waals surface area contributed by atoms with Crippen LogP contribution in [0.1, 0.15) is 30.9 Å². The molecule has 0 amide bonds. The summed E-state index contributed by atoms with van der Waals surface area (Å²) in [6.07, 6.45) is 2.61. The molecule has 0 heterocycles. The van der Waals surface area contributed by atoms with Crippen molar-refractivity contribution in [1.82, 2.24) is 5.32 Å². The van der Waals surface area contributed by atoms with Crippen molar-refractivity contribution in [2.45, 2.75) is 25.4 Å². The number of benzene rings is 1. The van der Waals surface area contributed by atoms with Crippen LogP contribution in [0.15, 0.2) is 24.3 Å². The molecule has 1 atom stereocenters. The van der Waals surface area contributed by atoms with Crippen LogP contribution in [0.4, 0.5) is 0 Å². The molecule has 100 valence electrons. The van der Waals surface area contributed by atoms with Crippen molar-refractivity contribution in [1.29, 1.82) is 0 Å². The predicted octanol–water partition coefficient (Wildman–Crippen LogP) is 2.13. The highest BCUT2D eigenvalue weighted by Crippen LogP contribution is 2.47. The van der Waals surface area contributed by atoms with E-state index in [0.29, 0.717) is 11.6 Å². The van der Waals surface area contributed by atoms with Crippen molar-refractivity contribution < 1.29 is 10.2 Å². The molecule has 18 heavy (non-hydrogen) atoms. The molecule has 0 aromatic heterocycles. The molecular formula is C14H20ClNO2. The van der Waals surface area contributed by atoms with E-state index in [1.165, 1.54) is 12.8 Å². The Balaban J connectivity index is 1.79. The van der Waals surface area contributed by atoms with Crippen molar-refractivity contribution in [3.63, 3.8) is 0 Å². The highest BCUT2D eigenvalue weighted by molar-refractivity contribution is 6.31. The number of hydrogen-bond acceptors (Lipinski definition) is 3. The first-order valence-electron chi connectivity index (χ1n) is 6.41. The maximum Gasteiger partial charge on any atom is 0.0928 e. The van der Waals surface area contributed by atoms with Crippen molar-refractivity contribution in [2.75, 3.05) is 19.7 Å². The van der Waals surface area contributed by atoms with E-state index < -0.39 is 6.10 Å². The Morgan fingerprint density at radius 1 is 1.33 bits per heavy atom. The lowest BCUT2D eigenvalue weighted by Crippen LogP contribution is -2.29. The third kappa shape index (κ3) is 3.45. The van der Waals surface area contributed by atoms with Gasteiger partial charge in [0.1, 0.15) is 0 Å². The van der Waals surface area contributed by atoms with Crippen molar-refractivity contribution in [2.24, 2.45) is 5.41 Å². The first-order valence-corrected chi connectivity index (χ1v) is 6.79. The Bertz CT molecular complexity index is 393. The quantitative estimate of drug-likeness (QED) is 0.711. The Kier molecular flexibility index (Phi) is 4.62. The molecule has 0 radical (unpaired) electrons. The standard InChI is InChI=1S/C14H20ClNO2/c15-12-4-2-1-3-11(12)13(18)9-16-10-14(5-6-14)7-8-17/h1-4,13,16-18H,5-10H2. The highest BCUT2D eigenvalue weighted by atomic mass is 35.5. The third-order valence-electron chi connectivity index (χ3n) is 3.70. The van der Waals surface area contributed by atoms with Gasteiger partial charge >= 0.3 is 0 Å². The minimum absolute atomic E-state index is 0.245. The highest BCUT2D eigenvalue weighted by Gasteiger charge is 2.41. The summed E-state index contributed by atoms with van der Waals surface area (Å²) in [6, 6.07) is 7.36. The first-order chi connectivity index (χ1) is 8.67. The SMILES string of the molecule is OCCC1(CNCC(O)c2ccccc2Cl)CC1. The van der Waals surface area contributed by atoms with E-state index in [1.54, 1.807) is 6.07 Å². The van der Waals surface area contributed by atoms with Crippen molar-refractivity contribution in [3.8, 4) is 0 Å². The van der Waals surface area contributed by atoms with Crippen LogP contribution in [0.2, 0.25) is 5.02 Å². The first kappa shape index (κ1) is 13.8. The minimum Gasteiger partial charge on any atom is -0.396 e. The zero-order valence-electron chi connectivity index (χ0n) is 10.4. The molecule has 0 bridgehead atoms. The molecule has 0 spiro atoms. The molecular weight excluding hydrogens is 250 g/mol. The van der Waals surface area contributed by atoms with Crippen LogP contribution in [0.25, 0.3) is 0 Å². The van der Waals surface area contributed by atoms with Gasteiger partial charge in [-0.1, -0.05) is 29.8 Å². The number of nitrogens with one attached hydrogen (secondary N) is 1. The van der Waals surface area contributed by atoms with Crippen LogP contribution in [0, 0.1) is 5.41 Å². The summed E-state index contributed by atoms with van der Waals surface area (Å²) in [4.78, 5) is 0. The zero-order valence-corrected chi connectivity index (χ0v) is 11.2. The molecule has 4 heteroatoms. The van der Waals surface area contributed by atoms with Gasteiger partial charge in [-0.25, -0.2) is 0 Å². The van der Waals surface area contributed by atoms with Crippen LogP contribution in [-0.4, -0.2) is 29.9 Å². The van der Waals surface area contributed by atoms with Gasteiger partial charge in [0.2, 0.25) is 0 Å². The Labute approximate surface area is 113 Å². The fraction of sp³-hybridized carbons (Fsp3) is 0.571. The van der Waals surface area contributed by atoms with Gasteiger partial charge in [0.25, 0.3) is 0 Å². The van der Waals surface area contributed by atoms with Crippen LogP contribution >= 0.6 is 11.6 Å². The molecule has 0 saturated heterocycles. The summed E-state index contributed by atoms with van der Waals surface area (Å²) in [6.45, 7) is 1.60. The van der Waals surface area contributed by atoms with Gasteiger partial charge in [-0.05, 0) is 30.7 Å². The van der Waals surface area contributed by atoms with Crippen molar-refractivity contribution in [3.05, 3.63) is 34.9 Å². The normalized spacial score (nSPS) is 18.6. The van der Waals surface area contributed by atoms with Crippen LogP contribution in [0.3, 0.4) is 0 Å². The average molecular weight is 270 g/mol. The van der Waals surface area contributed by atoms with E-state index in [9.17, 15) is 5.11 Å². The van der Waals surface area contributed by atoms with Gasteiger partial charge in [0.05, 0.1) is 6.10 Å². The van der Waals surface area contributed by atoms with E-state index in [2.05, 4.69) is 5.32 Å². The zero-order chi connectivity index (χ0) is 13.0.